The maximum atomic E-state index is 5.43. The Hall–Kier alpha value is -2.17. The number of hydrogen-bond acceptors (Lipinski definition) is 4. The molecule has 4 rings (SSSR count). The van der Waals surface area contributed by atoms with Crippen molar-refractivity contribution in [3.05, 3.63) is 42.3 Å². The fourth-order valence-corrected chi connectivity index (χ4v) is 3.30. The fraction of sp³-hybridized carbons (Fsp3) is 0.471. The molecule has 2 aromatic heterocycles. The number of fused-ring (bicyclic) bond motifs is 1. The van der Waals surface area contributed by atoms with Crippen LogP contribution < -0.4 is 0 Å². The number of hydrogen-bond donors (Lipinski definition) is 0. The van der Waals surface area contributed by atoms with Crippen molar-refractivity contribution in [1.29, 1.82) is 0 Å². The van der Waals surface area contributed by atoms with Crippen molar-refractivity contribution in [2.75, 3.05) is 0 Å². The Bertz CT molecular complexity index is 755. The number of aryl methyl sites for hydroxylation is 2. The molecule has 0 atom stereocenters. The molecule has 5 heteroatoms. The van der Waals surface area contributed by atoms with Gasteiger partial charge in [0.25, 0.3) is 0 Å². The van der Waals surface area contributed by atoms with Gasteiger partial charge in [-0.3, -0.25) is 0 Å². The molecule has 1 fully saturated rings. The van der Waals surface area contributed by atoms with Crippen LogP contribution in [0.5, 0.6) is 0 Å². The molecule has 0 radical (unpaired) electrons. The van der Waals surface area contributed by atoms with Gasteiger partial charge < -0.3 is 9.09 Å². The lowest BCUT2D eigenvalue weighted by molar-refractivity contribution is 0.354. The molecule has 1 aromatic carbocycles. The zero-order valence-corrected chi connectivity index (χ0v) is 12.6. The second-order valence-electron chi connectivity index (χ2n) is 6.06. The van der Waals surface area contributed by atoms with Crippen LogP contribution in [0.1, 0.15) is 49.7 Å². The standard InChI is InChI=1S/C17H20N4O/c1-2-6-13(7-3-1)17-19-16(22-20-17)10-11-21-12-18-14-8-4-5-9-15(14)21/h4-5,8-9,12-13H,1-3,6-7,10-11H2. The van der Waals surface area contributed by atoms with E-state index in [1.54, 1.807) is 0 Å². The third-order valence-corrected chi connectivity index (χ3v) is 4.55. The van der Waals surface area contributed by atoms with Crippen LogP contribution in [0.2, 0.25) is 0 Å². The molecule has 2 heterocycles. The summed E-state index contributed by atoms with van der Waals surface area (Å²) >= 11 is 0. The number of aromatic nitrogens is 4. The van der Waals surface area contributed by atoms with E-state index in [1.165, 1.54) is 32.1 Å². The van der Waals surface area contributed by atoms with Crippen molar-refractivity contribution >= 4 is 11.0 Å². The van der Waals surface area contributed by atoms with Crippen molar-refractivity contribution in [2.24, 2.45) is 0 Å². The molecule has 0 bridgehead atoms. The topological polar surface area (TPSA) is 56.7 Å². The van der Waals surface area contributed by atoms with Gasteiger partial charge in [-0.2, -0.15) is 4.98 Å². The second kappa shape index (κ2) is 5.91. The van der Waals surface area contributed by atoms with Gasteiger partial charge in [0.05, 0.1) is 17.4 Å². The monoisotopic (exact) mass is 296 g/mol. The van der Waals surface area contributed by atoms with Crippen LogP contribution in [-0.2, 0) is 13.0 Å². The van der Waals surface area contributed by atoms with Crippen molar-refractivity contribution < 1.29 is 4.52 Å². The van der Waals surface area contributed by atoms with Gasteiger partial charge in [0.2, 0.25) is 5.89 Å². The lowest BCUT2D eigenvalue weighted by atomic mass is 9.89. The molecule has 3 aromatic rings. The van der Waals surface area contributed by atoms with Crippen LogP contribution in [0.25, 0.3) is 11.0 Å². The Morgan fingerprint density at radius 2 is 2.00 bits per heavy atom. The normalized spacial score (nSPS) is 16.4. The van der Waals surface area contributed by atoms with Gasteiger partial charge in [-0.15, -0.1) is 0 Å². The molecule has 114 valence electrons. The molecule has 22 heavy (non-hydrogen) atoms. The molecule has 0 unspecified atom stereocenters. The maximum Gasteiger partial charge on any atom is 0.228 e. The highest BCUT2D eigenvalue weighted by Crippen LogP contribution is 2.30. The predicted molar refractivity (Wildman–Crippen MR) is 83.6 cm³/mol. The van der Waals surface area contributed by atoms with Crippen molar-refractivity contribution in [3.63, 3.8) is 0 Å². The van der Waals surface area contributed by atoms with E-state index >= 15 is 0 Å². The molecular weight excluding hydrogens is 276 g/mol. The average Bonchev–Trinajstić information content (AvgIpc) is 3.21. The lowest BCUT2D eigenvalue weighted by Gasteiger charge is -2.17. The second-order valence-corrected chi connectivity index (χ2v) is 6.06. The van der Waals surface area contributed by atoms with Crippen molar-refractivity contribution in [3.8, 4) is 0 Å². The van der Waals surface area contributed by atoms with Crippen molar-refractivity contribution in [2.45, 2.75) is 51.0 Å². The van der Waals surface area contributed by atoms with Gasteiger partial charge in [0.1, 0.15) is 0 Å². The van der Waals surface area contributed by atoms with Gasteiger partial charge in [0, 0.05) is 18.9 Å². The SMILES string of the molecule is c1ccc2c(c1)ncn2CCc1nc(C2CCCCC2)no1. The molecule has 1 aliphatic rings. The minimum Gasteiger partial charge on any atom is -0.339 e. The molecule has 0 amide bonds. The molecule has 0 N–H and O–H groups in total. The molecule has 1 saturated carbocycles. The summed E-state index contributed by atoms with van der Waals surface area (Å²) in [5.41, 5.74) is 2.17. The van der Waals surface area contributed by atoms with E-state index in [0.29, 0.717) is 5.92 Å². The molecule has 0 saturated heterocycles. The Morgan fingerprint density at radius 3 is 2.91 bits per heavy atom. The first-order valence-corrected chi connectivity index (χ1v) is 8.12. The predicted octanol–water partition coefficient (Wildman–Crippen LogP) is 3.71. The third-order valence-electron chi connectivity index (χ3n) is 4.55. The first-order valence-electron chi connectivity index (χ1n) is 8.12. The highest BCUT2D eigenvalue weighted by atomic mass is 16.5. The molecule has 1 aliphatic carbocycles. The van der Waals surface area contributed by atoms with Gasteiger partial charge in [0.15, 0.2) is 5.82 Å². The summed E-state index contributed by atoms with van der Waals surface area (Å²) in [6, 6.07) is 8.16. The zero-order chi connectivity index (χ0) is 14.8. The van der Waals surface area contributed by atoms with Crippen LogP contribution in [0.15, 0.2) is 35.1 Å². The van der Waals surface area contributed by atoms with Gasteiger partial charge in [-0.1, -0.05) is 36.6 Å². The van der Waals surface area contributed by atoms with Crippen LogP contribution >= 0.6 is 0 Å². The van der Waals surface area contributed by atoms with Gasteiger partial charge in [-0.25, -0.2) is 4.98 Å². The van der Waals surface area contributed by atoms with Gasteiger partial charge >= 0.3 is 0 Å². The minimum absolute atomic E-state index is 0.500. The van der Waals surface area contributed by atoms with E-state index in [4.69, 9.17) is 4.52 Å². The van der Waals surface area contributed by atoms with Crippen LogP contribution in [0.3, 0.4) is 0 Å². The lowest BCUT2D eigenvalue weighted by Crippen LogP contribution is -2.06. The quantitative estimate of drug-likeness (QED) is 0.736. The number of para-hydroxylation sites is 2. The average molecular weight is 296 g/mol. The van der Waals surface area contributed by atoms with E-state index in [-0.39, 0.29) is 0 Å². The Kier molecular flexibility index (Phi) is 3.62. The minimum atomic E-state index is 0.500. The van der Waals surface area contributed by atoms with Gasteiger partial charge in [-0.05, 0) is 25.0 Å². The Balaban J connectivity index is 1.44. The fourth-order valence-electron chi connectivity index (χ4n) is 3.30. The first kappa shape index (κ1) is 13.5. The first-order chi connectivity index (χ1) is 10.9. The van der Waals surface area contributed by atoms with Crippen molar-refractivity contribution in [1.82, 2.24) is 19.7 Å². The van der Waals surface area contributed by atoms with E-state index in [0.717, 1.165) is 35.7 Å². The smallest absolute Gasteiger partial charge is 0.228 e. The molecule has 0 aliphatic heterocycles. The third kappa shape index (κ3) is 2.63. The zero-order valence-electron chi connectivity index (χ0n) is 12.6. The molecular formula is C17H20N4O. The maximum absolute atomic E-state index is 5.43. The van der Waals surface area contributed by atoms with E-state index < -0.39 is 0 Å². The summed E-state index contributed by atoms with van der Waals surface area (Å²) < 4.78 is 7.57. The van der Waals surface area contributed by atoms with E-state index in [9.17, 15) is 0 Å². The summed E-state index contributed by atoms with van der Waals surface area (Å²) in [6.07, 6.45) is 8.94. The number of imidazole rings is 1. The van der Waals surface area contributed by atoms with Crippen LogP contribution in [-0.4, -0.2) is 19.7 Å². The van der Waals surface area contributed by atoms with E-state index in [1.807, 2.05) is 24.5 Å². The summed E-state index contributed by atoms with van der Waals surface area (Å²) in [5, 5.41) is 4.19. The largest absolute Gasteiger partial charge is 0.339 e. The number of nitrogens with zero attached hydrogens (tertiary/aromatic N) is 4. The number of rotatable bonds is 4. The van der Waals surface area contributed by atoms with E-state index in [2.05, 4.69) is 25.8 Å². The summed E-state index contributed by atoms with van der Waals surface area (Å²) in [5.74, 6) is 2.14. The van der Waals surface area contributed by atoms with Crippen LogP contribution in [0.4, 0.5) is 0 Å². The summed E-state index contributed by atoms with van der Waals surface area (Å²) in [7, 11) is 0. The Labute approximate surface area is 129 Å². The number of benzene rings is 1. The molecule has 5 nitrogen and oxygen atoms in total. The summed E-state index contributed by atoms with van der Waals surface area (Å²) in [4.78, 5) is 9.01. The Morgan fingerprint density at radius 1 is 1.14 bits per heavy atom. The highest BCUT2D eigenvalue weighted by Gasteiger charge is 2.20. The summed E-state index contributed by atoms with van der Waals surface area (Å²) in [6.45, 7) is 0.812. The highest BCUT2D eigenvalue weighted by molar-refractivity contribution is 5.74. The van der Waals surface area contributed by atoms with Crippen LogP contribution in [0, 0.1) is 0 Å². The molecule has 0 spiro atoms.